The highest BCUT2D eigenvalue weighted by atomic mass is 16.6. The monoisotopic (exact) mass is 474 g/mol. The summed E-state index contributed by atoms with van der Waals surface area (Å²) in [5.41, 5.74) is 2.54. The van der Waals surface area contributed by atoms with E-state index in [1.54, 1.807) is 6.92 Å². The maximum absolute atomic E-state index is 12.3. The normalized spacial score (nSPS) is 38.7. The van der Waals surface area contributed by atoms with Gasteiger partial charge in [-0.05, 0) is 93.0 Å². The predicted molar refractivity (Wildman–Crippen MR) is 126 cm³/mol. The Kier molecular flexibility index (Phi) is 6.91. The van der Waals surface area contributed by atoms with Crippen molar-refractivity contribution in [3.63, 3.8) is 0 Å². The molecule has 3 fully saturated rings. The van der Waals surface area contributed by atoms with Crippen LogP contribution in [0.15, 0.2) is 16.8 Å². The molecule has 0 heterocycles. The molecule has 0 aromatic carbocycles. The molecule has 8 nitrogen and oxygen atoms in total. The number of nitrogens with zero attached hydrogens (tertiary/aromatic N) is 1. The van der Waals surface area contributed by atoms with E-state index in [4.69, 9.17) is 15.1 Å². The summed E-state index contributed by atoms with van der Waals surface area (Å²) in [4.78, 5) is 40.3. The number of Topliss-reactive ketones (excluding diaryl/α,β-unsaturated/α-hetero) is 1. The maximum Gasteiger partial charge on any atom is 0.328 e. The van der Waals surface area contributed by atoms with Gasteiger partial charge >= 0.3 is 5.97 Å². The lowest BCUT2D eigenvalue weighted by atomic mass is 9.46. The van der Waals surface area contributed by atoms with Crippen LogP contribution in [0.25, 0.3) is 0 Å². The van der Waals surface area contributed by atoms with Crippen LogP contribution < -0.4 is 5.32 Å². The van der Waals surface area contributed by atoms with E-state index in [1.165, 1.54) is 18.4 Å². The minimum Gasteiger partial charge on any atom is -0.480 e. The highest BCUT2D eigenvalue weighted by molar-refractivity contribution is 5.96. The van der Waals surface area contributed by atoms with Crippen LogP contribution in [0.1, 0.15) is 72.1 Å². The first-order chi connectivity index (χ1) is 16.1. The predicted octanol–water partition coefficient (Wildman–Crippen LogP) is 3.09. The maximum atomic E-state index is 12.3. The summed E-state index contributed by atoms with van der Waals surface area (Å²) in [5, 5.41) is 24.3. The number of rotatable bonds is 7. The van der Waals surface area contributed by atoms with Crippen molar-refractivity contribution in [3.05, 3.63) is 11.6 Å². The van der Waals surface area contributed by atoms with Crippen LogP contribution in [0.3, 0.4) is 0 Å². The van der Waals surface area contributed by atoms with Gasteiger partial charge < -0.3 is 20.4 Å². The molecule has 188 valence electrons. The summed E-state index contributed by atoms with van der Waals surface area (Å²) in [7, 11) is 0. The van der Waals surface area contributed by atoms with Crippen LogP contribution in [0.2, 0.25) is 0 Å². The van der Waals surface area contributed by atoms with Crippen molar-refractivity contribution in [1.82, 2.24) is 5.32 Å². The SMILES string of the molecule is CC(=O)C1CC[C@H]2[C@@H]3CCC4=CC(=NOCC(=O)NC(CO)C(=O)O)CC[C@]4(C)[C@H]3CC[C@]12C. The number of aliphatic carboxylic acids is 1. The van der Waals surface area contributed by atoms with Crippen molar-refractivity contribution in [2.24, 2.45) is 39.7 Å². The molecule has 0 saturated heterocycles. The van der Waals surface area contributed by atoms with Crippen LogP contribution in [-0.4, -0.2) is 52.8 Å². The molecule has 4 aliphatic carbocycles. The highest BCUT2D eigenvalue weighted by Gasteiger charge is 2.59. The third-order valence-electron chi connectivity index (χ3n) is 9.66. The summed E-state index contributed by atoms with van der Waals surface area (Å²) in [6.45, 7) is 5.48. The number of hydrogen-bond acceptors (Lipinski definition) is 6. The van der Waals surface area contributed by atoms with Gasteiger partial charge in [0.15, 0.2) is 6.61 Å². The standard InChI is InChI=1S/C26H38N2O6/c1-15(30)19-6-7-20-18-5-4-16-12-17(28-34-14-23(31)27-22(13-29)24(32)33)8-10-25(16,2)21(18)9-11-26(19,20)3/h12,18-22,29H,4-11,13-14H2,1-3H3,(H,27,31)(H,32,33)/t18-,19?,20-,21-,22?,25-,26+/m0/s1. The van der Waals surface area contributed by atoms with Crippen molar-refractivity contribution < 1.29 is 29.4 Å². The van der Waals surface area contributed by atoms with E-state index in [9.17, 15) is 14.4 Å². The van der Waals surface area contributed by atoms with Gasteiger partial charge in [-0.2, -0.15) is 0 Å². The fourth-order valence-electron chi connectivity index (χ4n) is 7.91. The van der Waals surface area contributed by atoms with E-state index in [-0.39, 0.29) is 16.7 Å². The van der Waals surface area contributed by atoms with Gasteiger partial charge in [0, 0.05) is 5.92 Å². The first-order valence-electron chi connectivity index (χ1n) is 12.6. The summed E-state index contributed by atoms with van der Waals surface area (Å²) in [5.74, 6) is 0.619. The number of oxime groups is 1. The Hall–Kier alpha value is -2.22. The lowest BCUT2D eigenvalue weighted by Crippen LogP contribution is -2.51. The molecule has 0 radical (unpaired) electrons. The second kappa shape index (κ2) is 9.44. The van der Waals surface area contributed by atoms with E-state index in [0.29, 0.717) is 23.5 Å². The van der Waals surface area contributed by atoms with Gasteiger partial charge in [-0.1, -0.05) is 24.6 Å². The third-order valence-corrected chi connectivity index (χ3v) is 9.66. The second-order valence-electron chi connectivity index (χ2n) is 11.3. The van der Waals surface area contributed by atoms with Gasteiger partial charge in [0.2, 0.25) is 0 Å². The Morgan fingerprint density at radius 1 is 1.15 bits per heavy atom. The number of carboxylic acid groups (broad SMARTS) is 1. The summed E-state index contributed by atoms with van der Waals surface area (Å²) in [6.07, 6.45) is 10.6. The van der Waals surface area contributed by atoms with Crippen molar-refractivity contribution in [2.45, 2.75) is 78.2 Å². The highest BCUT2D eigenvalue weighted by Crippen LogP contribution is 2.66. The molecule has 7 atom stereocenters. The molecule has 8 heteroatoms. The Bertz CT molecular complexity index is 913. The minimum absolute atomic E-state index is 0.144. The lowest BCUT2D eigenvalue weighted by Gasteiger charge is -2.58. The molecule has 0 aromatic heterocycles. The largest absolute Gasteiger partial charge is 0.480 e. The number of carboxylic acids is 1. The van der Waals surface area contributed by atoms with Gasteiger partial charge in [0.1, 0.15) is 11.8 Å². The van der Waals surface area contributed by atoms with Gasteiger partial charge in [-0.15, -0.1) is 0 Å². The molecule has 0 aromatic rings. The second-order valence-corrected chi connectivity index (χ2v) is 11.3. The molecule has 0 bridgehead atoms. The Morgan fingerprint density at radius 3 is 2.59 bits per heavy atom. The summed E-state index contributed by atoms with van der Waals surface area (Å²) >= 11 is 0. The van der Waals surface area contributed by atoms with Gasteiger partial charge in [0.05, 0.1) is 12.3 Å². The lowest BCUT2D eigenvalue weighted by molar-refractivity contribution is -0.143. The molecule has 2 unspecified atom stereocenters. The molecular weight excluding hydrogens is 436 g/mol. The van der Waals surface area contributed by atoms with Gasteiger partial charge in [0.25, 0.3) is 5.91 Å². The minimum atomic E-state index is -1.35. The molecular formula is C26H38N2O6. The Morgan fingerprint density at radius 2 is 1.91 bits per heavy atom. The molecule has 3 N–H and O–H groups in total. The Labute approximate surface area is 201 Å². The van der Waals surface area contributed by atoms with Crippen molar-refractivity contribution in [2.75, 3.05) is 13.2 Å². The quantitative estimate of drug-likeness (QED) is 0.487. The molecule has 0 spiro atoms. The average Bonchev–Trinajstić information content (AvgIpc) is 3.15. The zero-order valence-corrected chi connectivity index (χ0v) is 20.5. The summed E-state index contributed by atoms with van der Waals surface area (Å²) < 4.78 is 0. The smallest absolute Gasteiger partial charge is 0.328 e. The number of nitrogens with one attached hydrogen (secondary N) is 1. The zero-order chi connectivity index (χ0) is 24.7. The molecule has 1 amide bonds. The molecule has 4 aliphatic rings. The number of amides is 1. The van der Waals surface area contributed by atoms with Crippen LogP contribution in [0.5, 0.6) is 0 Å². The van der Waals surface area contributed by atoms with Crippen LogP contribution in [0, 0.1) is 34.5 Å². The first-order valence-corrected chi connectivity index (χ1v) is 12.6. The number of hydrogen-bond donors (Lipinski definition) is 3. The molecule has 34 heavy (non-hydrogen) atoms. The Balaban J connectivity index is 1.41. The zero-order valence-electron chi connectivity index (χ0n) is 20.5. The molecule has 3 saturated carbocycles. The number of carbonyl (C=O) groups is 3. The van der Waals surface area contributed by atoms with Gasteiger partial charge in [-0.3, -0.25) is 9.59 Å². The van der Waals surface area contributed by atoms with Crippen LogP contribution in [-0.2, 0) is 19.2 Å². The fraction of sp³-hybridized carbons (Fsp3) is 0.769. The number of carbonyl (C=O) groups excluding carboxylic acids is 2. The van der Waals surface area contributed by atoms with Crippen molar-refractivity contribution >= 4 is 23.4 Å². The van der Waals surface area contributed by atoms with E-state index >= 15 is 0 Å². The van der Waals surface area contributed by atoms with E-state index < -0.39 is 31.1 Å². The number of allylic oxidation sites excluding steroid dienone is 2. The van der Waals surface area contributed by atoms with E-state index in [2.05, 4.69) is 30.4 Å². The van der Waals surface area contributed by atoms with E-state index in [1.807, 2.05) is 0 Å². The van der Waals surface area contributed by atoms with Crippen molar-refractivity contribution in [1.29, 1.82) is 0 Å². The summed E-state index contributed by atoms with van der Waals surface area (Å²) in [6, 6.07) is -1.35. The van der Waals surface area contributed by atoms with Crippen LogP contribution >= 0.6 is 0 Å². The van der Waals surface area contributed by atoms with Crippen molar-refractivity contribution in [3.8, 4) is 0 Å². The topological polar surface area (TPSA) is 125 Å². The van der Waals surface area contributed by atoms with Crippen LogP contribution in [0.4, 0.5) is 0 Å². The molecule has 4 rings (SSSR count). The van der Waals surface area contributed by atoms with Gasteiger partial charge in [-0.25, -0.2) is 4.79 Å². The number of aliphatic hydroxyl groups is 1. The number of fused-ring (bicyclic) bond motifs is 5. The number of aliphatic hydroxyl groups excluding tert-OH is 1. The fourth-order valence-corrected chi connectivity index (χ4v) is 7.91. The first kappa shape index (κ1) is 24.9. The van der Waals surface area contributed by atoms with E-state index in [0.717, 1.165) is 44.2 Å². The average molecular weight is 475 g/mol. The molecule has 0 aliphatic heterocycles. The third kappa shape index (κ3) is 4.30. The number of ketones is 1.